The summed E-state index contributed by atoms with van der Waals surface area (Å²) in [6.07, 6.45) is 0.120. The average molecular weight is 214 g/mol. The highest BCUT2D eigenvalue weighted by Gasteiger charge is 2.32. The van der Waals surface area contributed by atoms with Gasteiger partial charge in [0.1, 0.15) is 0 Å². The minimum absolute atomic E-state index is 0.0395. The lowest BCUT2D eigenvalue weighted by Gasteiger charge is -2.36. The van der Waals surface area contributed by atoms with E-state index in [4.69, 9.17) is 10.5 Å². The van der Waals surface area contributed by atoms with Crippen LogP contribution in [0.1, 0.15) is 27.7 Å². The molecule has 0 aromatic heterocycles. The van der Waals surface area contributed by atoms with E-state index in [0.29, 0.717) is 19.7 Å². The van der Waals surface area contributed by atoms with Gasteiger partial charge in [0.2, 0.25) is 5.91 Å². The van der Waals surface area contributed by atoms with Crippen molar-refractivity contribution in [3.63, 3.8) is 0 Å². The molecular weight excluding hydrogens is 192 g/mol. The van der Waals surface area contributed by atoms with Crippen molar-refractivity contribution in [3.05, 3.63) is 0 Å². The summed E-state index contributed by atoms with van der Waals surface area (Å²) in [7, 11) is 0. The first-order valence-corrected chi connectivity index (χ1v) is 5.48. The van der Waals surface area contributed by atoms with Crippen LogP contribution in [0, 0.1) is 5.41 Å². The lowest BCUT2D eigenvalue weighted by molar-refractivity contribution is -0.141. The fourth-order valence-electron chi connectivity index (χ4n) is 1.59. The van der Waals surface area contributed by atoms with Crippen molar-refractivity contribution in [2.24, 2.45) is 11.1 Å². The van der Waals surface area contributed by atoms with Crippen molar-refractivity contribution >= 4 is 5.91 Å². The second kappa shape index (κ2) is 4.49. The van der Waals surface area contributed by atoms with Gasteiger partial charge in [0, 0.05) is 13.1 Å². The zero-order valence-electron chi connectivity index (χ0n) is 10.1. The Hall–Kier alpha value is -0.610. The molecule has 1 fully saturated rings. The van der Waals surface area contributed by atoms with Crippen LogP contribution in [0.25, 0.3) is 0 Å². The first kappa shape index (κ1) is 12.5. The quantitative estimate of drug-likeness (QED) is 0.695. The second-order valence-electron chi connectivity index (χ2n) is 5.31. The van der Waals surface area contributed by atoms with Crippen LogP contribution in [0.15, 0.2) is 0 Å². The Morgan fingerprint density at radius 1 is 1.53 bits per heavy atom. The number of morpholine rings is 1. The van der Waals surface area contributed by atoms with Gasteiger partial charge in [-0.25, -0.2) is 0 Å². The molecule has 15 heavy (non-hydrogen) atoms. The number of nitrogens with zero attached hydrogens (tertiary/aromatic N) is 1. The molecule has 0 aromatic carbocycles. The van der Waals surface area contributed by atoms with Gasteiger partial charge < -0.3 is 15.4 Å². The number of hydrogen-bond acceptors (Lipinski definition) is 3. The Balaban J connectivity index is 2.60. The maximum Gasteiger partial charge on any atom is 0.240 e. The fraction of sp³-hybridized carbons (Fsp3) is 0.909. The average Bonchev–Trinajstić information content (AvgIpc) is 2.14. The molecular formula is C11H22N2O2. The molecule has 0 saturated carbocycles. The second-order valence-corrected chi connectivity index (χ2v) is 5.31. The summed E-state index contributed by atoms with van der Waals surface area (Å²) in [6.45, 7) is 9.86. The van der Waals surface area contributed by atoms with Crippen LogP contribution >= 0.6 is 0 Å². The Labute approximate surface area is 91.8 Å². The third kappa shape index (κ3) is 3.18. The van der Waals surface area contributed by atoms with Gasteiger partial charge in [-0.2, -0.15) is 0 Å². The molecule has 4 heteroatoms. The summed E-state index contributed by atoms with van der Waals surface area (Å²) >= 11 is 0. The standard InChI is InChI=1S/C11H22N2O2/c1-8-7-13(5-6-15-8)10(14)9(12)11(2,3)4/h8-9H,5-7,12H2,1-4H3/t8-,9+/m1/s1. The number of nitrogens with two attached hydrogens (primary N) is 1. The van der Waals surface area contributed by atoms with E-state index in [1.54, 1.807) is 0 Å². The van der Waals surface area contributed by atoms with Gasteiger partial charge in [0.25, 0.3) is 0 Å². The van der Waals surface area contributed by atoms with Crippen LogP contribution in [-0.2, 0) is 9.53 Å². The maximum absolute atomic E-state index is 12.0. The van der Waals surface area contributed by atoms with Crippen LogP contribution in [-0.4, -0.2) is 42.6 Å². The summed E-state index contributed by atoms with van der Waals surface area (Å²) in [5.74, 6) is 0.0395. The highest BCUT2D eigenvalue weighted by Crippen LogP contribution is 2.20. The van der Waals surface area contributed by atoms with Gasteiger partial charge in [0.15, 0.2) is 0 Å². The normalized spacial score (nSPS) is 25.1. The predicted octanol–water partition coefficient (Wildman–Crippen LogP) is 0.607. The Morgan fingerprint density at radius 3 is 2.60 bits per heavy atom. The molecule has 0 bridgehead atoms. The molecule has 2 atom stereocenters. The molecule has 1 heterocycles. The molecule has 88 valence electrons. The molecule has 1 rings (SSSR count). The van der Waals surface area contributed by atoms with E-state index in [9.17, 15) is 4.79 Å². The van der Waals surface area contributed by atoms with E-state index in [1.165, 1.54) is 0 Å². The van der Waals surface area contributed by atoms with Crippen molar-refractivity contribution < 1.29 is 9.53 Å². The predicted molar refractivity (Wildman–Crippen MR) is 59.4 cm³/mol. The van der Waals surface area contributed by atoms with E-state index < -0.39 is 6.04 Å². The van der Waals surface area contributed by atoms with Crippen molar-refractivity contribution in [3.8, 4) is 0 Å². The fourth-order valence-corrected chi connectivity index (χ4v) is 1.59. The minimum atomic E-state index is -0.428. The molecule has 0 aromatic rings. The molecule has 1 amide bonds. The first-order chi connectivity index (χ1) is 6.82. The number of amides is 1. The Bertz CT molecular complexity index is 235. The summed E-state index contributed by atoms with van der Waals surface area (Å²) in [5.41, 5.74) is 5.76. The Kier molecular flexibility index (Phi) is 3.73. The lowest BCUT2D eigenvalue weighted by atomic mass is 9.86. The zero-order chi connectivity index (χ0) is 11.6. The molecule has 1 aliphatic heterocycles. The van der Waals surface area contributed by atoms with Crippen molar-refractivity contribution in [2.45, 2.75) is 39.8 Å². The first-order valence-electron chi connectivity index (χ1n) is 5.48. The number of hydrogen-bond donors (Lipinski definition) is 1. The molecule has 0 unspecified atom stereocenters. The van der Waals surface area contributed by atoms with E-state index in [0.717, 1.165) is 0 Å². The van der Waals surface area contributed by atoms with Crippen molar-refractivity contribution in [1.82, 2.24) is 4.90 Å². The highest BCUT2D eigenvalue weighted by atomic mass is 16.5. The minimum Gasteiger partial charge on any atom is -0.375 e. The Morgan fingerprint density at radius 2 is 2.13 bits per heavy atom. The van der Waals surface area contributed by atoms with E-state index in [2.05, 4.69) is 0 Å². The van der Waals surface area contributed by atoms with Gasteiger partial charge >= 0.3 is 0 Å². The summed E-state index contributed by atoms with van der Waals surface area (Å²) in [6, 6.07) is -0.428. The molecule has 4 nitrogen and oxygen atoms in total. The highest BCUT2D eigenvalue weighted by molar-refractivity contribution is 5.82. The molecule has 0 radical (unpaired) electrons. The van der Waals surface area contributed by atoms with Gasteiger partial charge in [-0.05, 0) is 12.3 Å². The van der Waals surface area contributed by atoms with Gasteiger partial charge in [0.05, 0.1) is 18.8 Å². The number of carbonyl (C=O) groups excluding carboxylic acids is 1. The zero-order valence-corrected chi connectivity index (χ0v) is 10.1. The third-order valence-electron chi connectivity index (χ3n) is 2.75. The number of rotatable bonds is 1. The maximum atomic E-state index is 12.0. The molecule has 0 aliphatic carbocycles. The topological polar surface area (TPSA) is 55.6 Å². The van der Waals surface area contributed by atoms with Gasteiger partial charge in [-0.1, -0.05) is 20.8 Å². The smallest absolute Gasteiger partial charge is 0.240 e. The van der Waals surface area contributed by atoms with Crippen molar-refractivity contribution in [1.29, 1.82) is 0 Å². The summed E-state index contributed by atoms with van der Waals surface area (Å²) in [4.78, 5) is 13.8. The van der Waals surface area contributed by atoms with Crippen LogP contribution in [0.3, 0.4) is 0 Å². The van der Waals surface area contributed by atoms with Crippen LogP contribution in [0.4, 0.5) is 0 Å². The van der Waals surface area contributed by atoms with Crippen LogP contribution < -0.4 is 5.73 Å². The van der Waals surface area contributed by atoms with Crippen LogP contribution in [0.2, 0.25) is 0 Å². The van der Waals surface area contributed by atoms with Crippen molar-refractivity contribution in [2.75, 3.05) is 19.7 Å². The van der Waals surface area contributed by atoms with Gasteiger partial charge in [-0.15, -0.1) is 0 Å². The number of ether oxygens (including phenoxy) is 1. The summed E-state index contributed by atoms with van der Waals surface area (Å²) < 4.78 is 5.39. The monoisotopic (exact) mass is 214 g/mol. The molecule has 1 saturated heterocycles. The molecule has 1 aliphatic rings. The summed E-state index contributed by atoms with van der Waals surface area (Å²) in [5, 5.41) is 0. The molecule has 2 N–H and O–H groups in total. The van der Waals surface area contributed by atoms with Crippen LogP contribution in [0.5, 0.6) is 0 Å². The lowest BCUT2D eigenvalue weighted by Crippen LogP contribution is -2.54. The van der Waals surface area contributed by atoms with Gasteiger partial charge in [-0.3, -0.25) is 4.79 Å². The van der Waals surface area contributed by atoms with E-state index in [1.807, 2.05) is 32.6 Å². The largest absolute Gasteiger partial charge is 0.375 e. The third-order valence-corrected chi connectivity index (χ3v) is 2.75. The van der Waals surface area contributed by atoms with E-state index >= 15 is 0 Å². The molecule has 0 spiro atoms. The number of carbonyl (C=O) groups is 1. The SMILES string of the molecule is C[C@@H]1CN(C(=O)[C@H](N)C(C)(C)C)CCO1. The van der Waals surface area contributed by atoms with E-state index in [-0.39, 0.29) is 17.4 Å².